The highest BCUT2D eigenvalue weighted by Gasteiger charge is 2.20. The van der Waals surface area contributed by atoms with Crippen molar-refractivity contribution >= 4 is 33.5 Å². The molecule has 1 aromatic carbocycles. The molecule has 0 fully saturated rings. The molecule has 0 amide bonds. The molecule has 0 aliphatic heterocycles. The lowest BCUT2D eigenvalue weighted by Crippen LogP contribution is -1.99. The first-order valence-corrected chi connectivity index (χ1v) is 8.71. The van der Waals surface area contributed by atoms with Gasteiger partial charge in [-0.1, -0.05) is 0 Å². The van der Waals surface area contributed by atoms with Crippen LogP contribution in [0.4, 0.5) is 5.00 Å². The number of benzene rings is 1. The Labute approximate surface area is 143 Å². The van der Waals surface area contributed by atoms with Crippen molar-refractivity contribution in [2.75, 3.05) is 0 Å². The Balaban J connectivity index is 1.75. The van der Waals surface area contributed by atoms with Gasteiger partial charge < -0.3 is 4.98 Å². The highest BCUT2D eigenvalue weighted by atomic mass is 32.1. The SMILES string of the molecule is N#Cc1ccc2[nH]cc(/C=N/c3sc4c(c3C#N)CCCC4)c2c1. The van der Waals surface area contributed by atoms with Gasteiger partial charge in [0.25, 0.3) is 0 Å². The smallest absolute Gasteiger partial charge is 0.134 e. The van der Waals surface area contributed by atoms with Crippen molar-refractivity contribution in [3.05, 3.63) is 51.5 Å². The van der Waals surface area contributed by atoms with Crippen LogP contribution in [-0.2, 0) is 12.8 Å². The maximum absolute atomic E-state index is 9.50. The number of nitrogens with zero attached hydrogens (tertiary/aromatic N) is 3. The number of H-pyrrole nitrogens is 1. The van der Waals surface area contributed by atoms with E-state index in [1.54, 1.807) is 23.6 Å². The molecule has 0 bridgehead atoms. The Kier molecular flexibility index (Phi) is 3.65. The lowest BCUT2D eigenvalue weighted by Gasteiger charge is -2.09. The number of aromatic amines is 1. The maximum atomic E-state index is 9.50. The minimum atomic E-state index is 0.626. The van der Waals surface area contributed by atoms with Gasteiger partial charge in [-0.2, -0.15) is 10.5 Å². The highest BCUT2D eigenvalue weighted by molar-refractivity contribution is 7.16. The third-order valence-electron chi connectivity index (χ3n) is 4.43. The van der Waals surface area contributed by atoms with Gasteiger partial charge in [0.2, 0.25) is 0 Å². The van der Waals surface area contributed by atoms with Crippen molar-refractivity contribution in [2.24, 2.45) is 4.99 Å². The standard InChI is InChI=1S/C19H14N4S/c20-8-12-5-6-17-15(7-12)13(10-22-17)11-23-19-16(9-21)14-3-1-2-4-18(14)24-19/h5-7,10-11,22H,1-4H2/b23-11+. The van der Waals surface area contributed by atoms with Crippen molar-refractivity contribution in [3.8, 4) is 12.1 Å². The van der Waals surface area contributed by atoms with Crippen LogP contribution < -0.4 is 0 Å². The maximum Gasteiger partial charge on any atom is 0.134 e. The summed E-state index contributed by atoms with van der Waals surface area (Å²) in [4.78, 5) is 9.10. The number of nitrogens with one attached hydrogen (secondary N) is 1. The molecule has 116 valence electrons. The van der Waals surface area contributed by atoms with Crippen molar-refractivity contribution < 1.29 is 0 Å². The fraction of sp³-hybridized carbons (Fsp3) is 0.211. The van der Waals surface area contributed by atoms with Crippen LogP contribution in [0.5, 0.6) is 0 Å². The van der Waals surface area contributed by atoms with E-state index in [9.17, 15) is 5.26 Å². The Hall–Kier alpha value is -2.89. The number of aliphatic imine (C=N–C) groups is 1. The minimum absolute atomic E-state index is 0.626. The van der Waals surface area contributed by atoms with Crippen LogP contribution >= 0.6 is 11.3 Å². The summed E-state index contributed by atoms with van der Waals surface area (Å²) >= 11 is 1.64. The van der Waals surface area contributed by atoms with Gasteiger partial charge in [-0.15, -0.1) is 11.3 Å². The normalized spacial score (nSPS) is 13.8. The molecule has 1 N–H and O–H groups in total. The van der Waals surface area contributed by atoms with Gasteiger partial charge in [-0.25, -0.2) is 4.99 Å². The van der Waals surface area contributed by atoms with Crippen LogP contribution in [0.2, 0.25) is 0 Å². The predicted octanol–water partition coefficient (Wildman–Crippen LogP) is 4.60. The zero-order valence-electron chi connectivity index (χ0n) is 13.0. The van der Waals surface area contributed by atoms with Gasteiger partial charge in [0.1, 0.15) is 11.1 Å². The number of thiophene rings is 1. The number of hydrogen-bond acceptors (Lipinski definition) is 4. The summed E-state index contributed by atoms with van der Waals surface area (Å²) in [6.07, 6.45) is 8.07. The summed E-state index contributed by atoms with van der Waals surface area (Å²) in [5.74, 6) is 0. The highest BCUT2D eigenvalue weighted by Crippen LogP contribution is 2.39. The summed E-state index contributed by atoms with van der Waals surface area (Å²) in [7, 11) is 0. The summed E-state index contributed by atoms with van der Waals surface area (Å²) in [5, 5.41) is 20.3. The zero-order chi connectivity index (χ0) is 16.5. The number of aromatic nitrogens is 1. The van der Waals surface area contributed by atoms with Gasteiger partial charge in [0.15, 0.2) is 0 Å². The van der Waals surface area contributed by atoms with Gasteiger partial charge in [-0.3, -0.25) is 0 Å². The molecule has 4 rings (SSSR count). The number of rotatable bonds is 2. The molecule has 4 nitrogen and oxygen atoms in total. The monoisotopic (exact) mass is 330 g/mol. The van der Waals surface area contributed by atoms with E-state index in [4.69, 9.17) is 5.26 Å². The molecular formula is C19H14N4S. The molecule has 0 saturated heterocycles. The Morgan fingerprint density at radius 3 is 2.88 bits per heavy atom. The average Bonchev–Trinajstić information content (AvgIpc) is 3.19. The summed E-state index contributed by atoms with van der Waals surface area (Å²) < 4.78 is 0. The molecule has 2 aromatic heterocycles. The fourth-order valence-corrected chi connectivity index (χ4v) is 4.39. The molecule has 0 radical (unpaired) electrons. The van der Waals surface area contributed by atoms with Gasteiger partial charge in [-0.05, 0) is 49.4 Å². The first-order valence-electron chi connectivity index (χ1n) is 7.90. The molecular weight excluding hydrogens is 316 g/mol. The molecule has 0 spiro atoms. The molecule has 1 aliphatic rings. The quantitative estimate of drug-likeness (QED) is 0.697. The average molecular weight is 330 g/mol. The van der Waals surface area contributed by atoms with E-state index >= 15 is 0 Å². The number of hydrogen-bond donors (Lipinski definition) is 1. The molecule has 0 atom stereocenters. The van der Waals surface area contributed by atoms with E-state index in [-0.39, 0.29) is 0 Å². The van der Waals surface area contributed by atoms with Gasteiger partial charge in [0.05, 0.1) is 17.2 Å². The predicted molar refractivity (Wildman–Crippen MR) is 95.9 cm³/mol. The second kappa shape index (κ2) is 5.96. The fourth-order valence-electron chi connectivity index (χ4n) is 3.20. The van der Waals surface area contributed by atoms with E-state index in [2.05, 4.69) is 22.1 Å². The topological polar surface area (TPSA) is 75.7 Å². The van der Waals surface area contributed by atoms with Crippen molar-refractivity contribution in [1.29, 1.82) is 10.5 Å². The van der Waals surface area contributed by atoms with Crippen LogP contribution in [0.3, 0.4) is 0 Å². The Bertz CT molecular complexity index is 1040. The molecule has 24 heavy (non-hydrogen) atoms. The van der Waals surface area contributed by atoms with Gasteiger partial charge in [0, 0.05) is 33.8 Å². The Morgan fingerprint density at radius 1 is 1.17 bits per heavy atom. The third kappa shape index (κ3) is 2.40. The van der Waals surface area contributed by atoms with E-state index in [0.29, 0.717) is 5.56 Å². The zero-order valence-corrected chi connectivity index (χ0v) is 13.8. The van der Waals surface area contributed by atoms with Crippen molar-refractivity contribution in [1.82, 2.24) is 4.98 Å². The number of fused-ring (bicyclic) bond motifs is 2. The van der Waals surface area contributed by atoms with Crippen LogP contribution in [-0.4, -0.2) is 11.2 Å². The van der Waals surface area contributed by atoms with Crippen LogP contribution in [0.15, 0.2) is 29.4 Å². The van der Waals surface area contributed by atoms with E-state index in [1.807, 2.05) is 18.3 Å². The van der Waals surface area contributed by atoms with Crippen LogP contribution in [0, 0.1) is 22.7 Å². The largest absolute Gasteiger partial charge is 0.361 e. The summed E-state index contributed by atoms with van der Waals surface area (Å²) in [6, 6.07) is 10.0. The molecule has 2 heterocycles. The molecule has 3 aromatic rings. The second-order valence-corrected chi connectivity index (χ2v) is 6.96. The molecule has 5 heteroatoms. The first-order chi connectivity index (χ1) is 11.8. The van der Waals surface area contributed by atoms with E-state index in [0.717, 1.165) is 46.3 Å². The lowest BCUT2D eigenvalue weighted by molar-refractivity contribution is 0.696. The van der Waals surface area contributed by atoms with Crippen molar-refractivity contribution in [2.45, 2.75) is 25.7 Å². The Morgan fingerprint density at radius 2 is 2.04 bits per heavy atom. The van der Waals surface area contributed by atoms with Crippen molar-refractivity contribution in [3.63, 3.8) is 0 Å². The van der Waals surface area contributed by atoms with Crippen LogP contribution in [0.25, 0.3) is 10.9 Å². The first kappa shape index (κ1) is 14.7. The van der Waals surface area contributed by atoms with E-state index < -0.39 is 0 Å². The van der Waals surface area contributed by atoms with Crippen LogP contribution in [0.1, 0.15) is 40.0 Å². The lowest BCUT2D eigenvalue weighted by atomic mass is 9.96. The van der Waals surface area contributed by atoms with Gasteiger partial charge >= 0.3 is 0 Å². The van der Waals surface area contributed by atoms with E-state index in [1.165, 1.54) is 16.9 Å². The third-order valence-corrected chi connectivity index (χ3v) is 5.63. The molecule has 0 unspecified atom stereocenters. The summed E-state index contributed by atoms with van der Waals surface area (Å²) in [5.41, 5.74) is 4.47. The number of aryl methyl sites for hydroxylation is 1. The summed E-state index contributed by atoms with van der Waals surface area (Å²) in [6.45, 7) is 0. The molecule has 1 aliphatic carbocycles. The minimum Gasteiger partial charge on any atom is -0.361 e. The second-order valence-electron chi connectivity index (χ2n) is 5.88. The number of nitriles is 2. The molecule has 0 saturated carbocycles.